The van der Waals surface area contributed by atoms with Crippen molar-refractivity contribution < 1.29 is 33.2 Å². The summed E-state index contributed by atoms with van der Waals surface area (Å²) in [7, 11) is 0. The molecular weight excluding hydrogens is 532 g/mol. The molecule has 7 nitrogen and oxygen atoms in total. The van der Waals surface area contributed by atoms with Gasteiger partial charge in [0.1, 0.15) is 0 Å². The van der Waals surface area contributed by atoms with Crippen LogP contribution in [-0.2, 0) is 46.2 Å². The molecule has 2 aromatic carbocycles. The topological polar surface area (TPSA) is 64.6 Å². The van der Waals surface area contributed by atoms with E-state index in [2.05, 4.69) is 36.4 Å². The molecule has 7 heteroatoms. The minimum Gasteiger partial charge on any atom is -0.374 e. The van der Waals surface area contributed by atoms with Gasteiger partial charge in [-0.2, -0.15) is 0 Å². The standard InChI is InChI=1S/C35H50O7/c1-33(2)37-27(17-25-13-9-7-10-14-25)18-28(38-33)19-29-20-30(40-34(3,4)39-29)21-31-22-32(42-35(5,6)41-31)24-36-23-26-15-11-8-12-16-26/h7-16,27-32H,17-24H2,1-6H3/t27-,28+,29-,30+,31-,32+/m0/s1. The molecule has 0 spiro atoms. The summed E-state index contributed by atoms with van der Waals surface area (Å²) in [6, 6.07) is 20.8. The van der Waals surface area contributed by atoms with Crippen molar-refractivity contribution in [2.45, 2.75) is 141 Å². The maximum absolute atomic E-state index is 6.45. The molecule has 0 N–H and O–H groups in total. The van der Waals surface area contributed by atoms with Crippen LogP contribution in [0, 0.1) is 0 Å². The Labute approximate surface area is 252 Å². The molecule has 5 rings (SSSR count). The number of ether oxygens (including phenoxy) is 7. The van der Waals surface area contributed by atoms with Gasteiger partial charge in [0, 0.05) is 32.1 Å². The van der Waals surface area contributed by atoms with Gasteiger partial charge in [-0.1, -0.05) is 60.7 Å². The second-order valence-corrected chi connectivity index (χ2v) is 13.5. The fourth-order valence-corrected chi connectivity index (χ4v) is 6.81. The van der Waals surface area contributed by atoms with Crippen LogP contribution in [0.4, 0.5) is 0 Å². The first-order valence-corrected chi connectivity index (χ1v) is 15.6. The van der Waals surface area contributed by atoms with Gasteiger partial charge in [-0.3, -0.25) is 0 Å². The quantitative estimate of drug-likeness (QED) is 0.300. The Morgan fingerprint density at radius 2 is 0.905 bits per heavy atom. The normalized spacial score (nSPS) is 32.3. The van der Waals surface area contributed by atoms with Gasteiger partial charge in [0.25, 0.3) is 0 Å². The molecule has 3 fully saturated rings. The summed E-state index contributed by atoms with van der Waals surface area (Å²) in [6.07, 6.45) is 5.01. The van der Waals surface area contributed by atoms with Gasteiger partial charge >= 0.3 is 0 Å². The SMILES string of the molecule is CC1(C)O[C@@H](C[C@H]2C[C@H](COCc3ccccc3)OC(C)(C)O2)C[C@H](C[C@H]2C[C@H](Cc3ccccc3)OC(C)(C)O2)O1. The zero-order chi connectivity index (χ0) is 29.8. The molecule has 3 saturated heterocycles. The average Bonchev–Trinajstić information content (AvgIpc) is 2.87. The van der Waals surface area contributed by atoms with Gasteiger partial charge in [0.05, 0.1) is 49.8 Å². The van der Waals surface area contributed by atoms with Crippen LogP contribution >= 0.6 is 0 Å². The second-order valence-electron chi connectivity index (χ2n) is 13.5. The van der Waals surface area contributed by atoms with Crippen LogP contribution in [0.2, 0.25) is 0 Å². The highest BCUT2D eigenvalue weighted by Gasteiger charge is 2.43. The fraction of sp³-hybridized carbons (Fsp3) is 0.657. The third kappa shape index (κ3) is 9.58. The molecule has 0 amide bonds. The summed E-state index contributed by atoms with van der Waals surface area (Å²) in [6.45, 7) is 13.1. The Kier molecular flexibility index (Phi) is 10.1. The molecule has 0 aliphatic carbocycles. The van der Waals surface area contributed by atoms with Crippen LogP contribution in [0.15, 0.2) is 60.7 Å². The molecule has 3 aliphatic heterocycles. The number of hydrogen-bond donors (Lipinski definition) is 0. The van der Waals surface area contributed by atoms with E-state index in [1.165, 1.54) is 5.56 Å². The lowest BCUT2D eigenvalue weighted by atomic mass is 9.93. The van der Waals surface area contributed by atoms with Crippen molar-refractivity contribution in [3.8, 4) is 0 Å². The van der Waals surface area contributed by atoms with Crippen molar-refractivity contribution >= 4 is 0 Å². The van der Waals surface area contributed by atoms with Gasteiger partial charge in [-0.15, -0.1) is 0 Å². The van der Waals surface area contributed by atoms with Gasteiger partial charge in [-0.05, 0) is 59.1 Å². The second kappa shape index (κ2) is 13.4. The zero-order valence-corrected chi connectivity index (χ0v) is 26.3. The van der Waals surface area contributed by atoms with Crippen molar-refractivity contribution in [1.29, 1.82) is 0 Å². The monoisotopic (exact) mass is 582 g/mol. The molecule has 42 heavy (non-hydrogen) atoms. The van der Waals surface area contributed by atoms with Crippen molar-refractivity contribution in [3.63, 3.8) is 0 Å². The molecule has 0 saturated carbocycles. The Morgan fingerprint density at radius 1 is 0.524 bits per heavy atom. The van der Waals surface area contributed by atoms with Crippen LogP contribution in [-0.4, -0.2) is 60.6 Å². The van der Waals surface area contributed by atoms with Crippen LogP contribution in [0.25, 0.3) is 0 Å². The summed E-state index contributed by atoms with van der Waals surface area (Å²) >= 11 is 0. The Bertz CT molecular complexity index is 1100. The summed E-state index contributed by atoms with van der Waals surface area (Å²) in [5, 5.41) is 0. The molecule has 0 radical (unpaired) electrons. The average molecular weight is 583 g/mol. The summed E-state index contributed by atoms with van der Waals surface area (Å²) in [4.78, 5) is 0. The number of benzene rings is 2. The smallest absolute Gasteiger partial charge is 0.163 e. The Hall–Kier alpha value is -1.84. The minimum absolute atomic E-state index is 0.00661. The third-order valence-corrected chi connectivity index (χ3v) is 8.05. The van der Waals surface area contributed by atoms with E-state index in [0.717, 1.165) is 44.1 Å². The molecule has 0 aromatic heterocycles. The van der Waals surface area contributed by atoms with Gasteiger partial charge < -0.3 is 33.2 Å². The maximum atomic E-state index is 6.45. The summed E-state index contributed by atoms with van der Waals surface area (Å²) in [5.41, 5.74) is 2.44. The van der Waals surface area contributed by atoms with Crippen LogP contribution in [0.5, 0.6) is 0 Å². The molecular formula is C35H50O7. The van der Waals surface area contributed by atoms with Crippen molar-refractivity contribution in [2.75, 3.05) is 6.61 Å². The van der Waals surface area contributed by atoms with E-state index >= 15 is 0 Å². The zero-order valence-electron chi connectivity index (χ0n) is 26.3. The van der Waals surface area contributed by atoms with E-state index in [-0.39, 0.29) is 36.6 Å². The Morgan fingerprint density at radius 3 is 1.40 bits per heavy atom. The van der Waals surface area contributed by atoms with Crippen molar-refractivity contribution in [2.24, 2.45) is 0 Å². The Balaban J connectivity index is 1.16. The number of rotatable bonds is 10. The molecule has 0 unspecified atom stereocenters. The fourth-order valence-electron chi connectivity index (χ4n) is 6.81. The molecule has 0 bridgehead atoms. The predicted octanol–water partition coefficient (Wildman–Crippen LogP) is 6.96. The molecule has 232 valence electrons. The van der Waals surface area contributed by atoms with Crippen molar-refractivity contribution in [3.05, 3.63) is 71.8 Å². The number of hydrogen-bond acceptors (Lipinski definition) is 7. The maximum Gasteiger partial charge on any atom is 0.163 e. The van der Waals surface area contributed by atoms with Crippen LogP contribution < -0.4 is 0 Å². The first-order chi connectivity index (χ1) is 19.9. The highest BCUT2D eigenvalue weighted by Crippen LogP contribution is 2.38. The molecule has 6 atom stereocenters. The van der Waals surface area contributed by atoms with Crippen LogP contribution in [0.1, 0.15) is 84.8 Å². The first-order valence-electron chi connectivity index (χ1n) is 15.6. The predicted molar refractivity (Wildman–Crippen MR) is 161 cm³/mol. The van der Waals surface area contributed by atoms with E-state index in [1.54, 1.807) is 0 Å². The van der Waals surface area contributed by atoms with E-state index in [4.69, 9.17) is 33.2 Å². The van der Waals surface area contributed by atoms with Gasteiger partial charge in [-0.25, -0.2) is 0 Å². The van der Waals surface area contributed by atoms with E-state index < -0.39 is 17.4 Å². The lowest BCUT2D eigenvalue weighted by molar-refractivity contribution is -0.335. The van der Waals surface area contributed by atoms with E-state index in [0.29, 0.717) is 13.2 Å². The van der Waals surface area contributed by atoms with Crippen LogP contribution in [0.3, 0.4) is 0 Å². The highest BCUT2D eigenvalue weighted by atomic mass is 16.7. The van der Waals surface area contributed by atoms with E-state index in [9.17, 15) is 0 Å². The molecule has 3 aliphatic rings. The largest absolute Gasteiger partial charge is 0.374 e. The summed E-state index contributed by atoms with van der Waals surface area (Å²) in [5.74, 6) is -2.00. The molecule has 2 aromatic rings. The van der Waals surface area contributed by atoms with Crippen molar-refractivity contribution in [1.82, 2.24) is 0 Å². The first kappa shape index (κ1) is 31.6. The summed E-state index contributed by atoms with van der Waals surface area (Å²) < 4.78 is 44.3. The highest BCUT2D eigenvalue weighted by molar-refractivity contribution is 5.16. The van der Waals surface area contributed by atoms with E-state index in [1.807, 2.05) is 65.8 Å². The minimum atomic E-state index is -0.684. The van der Waals surface area contributed by atoms with Gasteiger partial charge in [0.2, 0.25) is 0 Å². The third-order valence-electron chi connectivity index (χ3n) is 8.05. The lowest BCUT2D eigenvalue weighted by Crippen LogP contribution is -2.51. The van der Waals surface area contributed by atoms with Gasteiger partial charge in [0.15, 0.2) is 17.4 Å². The molecule has 3 heterocycles. The lowest BCUT2D eigenvalue weighted by Gasteiger charge is -2.46.